The average Bonchev–Trinajstić information content (AvgIpc) is 1.55. The summed E-state index contributed by atoms with van der Waals surface area (Å²) in [5, 5.41) is 36.1. The van der Waals surface area contributed by atoms with Gasteiger partial charge in [0.1, 0.15) is 0 Å². The van der Waals surface area contributed by atoms with E-state index in [1.54, 1.807) is 0 Å². The van der Waals surface area contributed by atoms with E-state index in [2.05, 4.69) is 551 Å². The molecule has 0 amide bonds. The fraction of sp³-hybridized carbons (Fsp3) is 0.0604. The van der Waals surface area contributed by atoms with Gasteiger partial charge in [-0.25, -0.2) is 0 Å². The smallest absolute Gasteiger partial charge is 0.0171 e. The van der Waals surface area contributed by atoms with Gasteiger partial charge in [-0.05, 0) is 410 Å². The fourth-order valence-electron chi connectivity index (χ4n) is 26.2. The Morgan fingerprint density at radius 2 is 0.315 bits per heavy atom. The maximum Gasteiger partial charge on any atom is 0.0171 e. The SMILES string of the molecule is CC1(C)c2c(ccc3cc(-c4ccc5cc(-c6ccc7ccccc7c6)ccc5c4)ccc23)-c2ccc3cc(-c4cccc5ccccc45)ccc3c21.CC1(C)c2c(ccc3ccccc23)-c2ccc3ccc(-c4cc(-c5ccc6cc(-c7ccc8ccccc8c7)ccc6c5)c5ccccc5c4)cc3c21.CC1(C)c2cc3ccccc3cc2-c2ccc3cc(-c4ccc5cc(-c6ccc7ccccc7c6)ccc5c4)ccc3c21. The molecule has 28 aromatic rings. The molecule has 0 fully saturated rings. The van der Waals surface area contributed by atoms with Crippen LogP contribution in [0.1, 0.15) is 74.9 Å². The number of rotatable bonds is 8. The van der Waals surface area contributed by atoms with Gasteiger partial charge in [-0.15, -0.1) is 0 Å². The van der Waals surface area contributed by atoms with Crippen LogP contribution in [0, 0.1) is 0 Å². The summed E-state index contributed by atoms with van der Waals surface area (Å²) >= 11 is 0. The second-order valence-corrected chi connectivity index (χ2v) is 43.3. The minimum absolute atomic E-state index is 0.0541. The zero-order valence-electron chi connectivity index (χ0n) is 84.0. The molecular weight excluding hydrogens is 1790 g/mol. The lowest BCUT2D eigenvalue weighted by atomic mass is 9.78. The molecule has 0 radical (unpaired) electrons. The molecular formula is C149H102. The highest BCUT2D eigenvalue weighted by atomic mass is 14.4. The number of hydrogen-bond donors (Lipinski definition) is 0. The van der Waals surface area contributed by atoms with Gasteiger partial charge in [-0.1, -0.05) is 448 Å². The summed E-state index contributed by atoms with van der Waals surface area (Å²) in [7, 11) is 0. The maximum atomic E-state index is 2.45. The van der Waals surface area contributed by atoms with E-state index < -0.39 is 0 Å². The van der Waals surface area contributed by atoms with E-state index in [-0.39, 0.29) is 16.2 Å². The minimum Gasteiger partial charge on any atom is -0.0616 e. The summed E-state index contributed by atoms with van der Waals surface area (Å²) in [5.74, 6) is 0. The van der Waals surface area contributed by atoms with Gasteiger partial charge in [-0.3, -0.25) is 0 Å². The lowest BCUT2D eigenvalue weighted by Crippen LogP contribution is -2.16. The van der Waals surface area contributed by atoms with Crippen molar-refractivity contribution in [3.8, 4) is 122 Å². The van der Waals surface area contributed by atoms with Crippen molar-refractivity contribution in [2.45, 2.75) is 57.8 Å². The van der Waals surface area contributed by atoms with Crippen molar-refractivity contribution in [2.24, 2.45) is 0 Å². The molecule has 0 N–H and O–H groups in total. The van der Waals surface area contributed by atoms with Crippen molar-refractivity contribution in [1.29, 1.82) is 0 Å². The van der Waals surface area contributed by atoms with Gasteiger partial charge >= 0.3 is 0 Å². The fourth-order valence-corrected chi connectivity index (χ4v) is 26.2. The van der Waals surface area contributed by atoms with Crippen molar-refractivity contribution < 1.29 is 0 Å². The molecule has 31 rings (SSSR count). The van der Waals surface area contributed by atoms with Crippen LogP contribution in [-0.4, -0.2) is 0 Å². The van der Waals surface area contributed by atoms with Gasteiger partial charge in [0, 0.05) is 16.2 Å². The van der Waals surface area contributed by atoms with Gasteiger partial charge < -0.3 is 0 Å². The Kier molecular flexibility index (Phi) is 19.9. The highest BCUT2D eigenvalue weighted by Crippen LogP contribution is 2.59. The molecule has 698 valence electrons. The summed E-state index contributed by atoms with van der Waals surface area (Å²) < 4.78 is 0. The molecule has 0 aromatic heterocycles. The summed E-state index contributed by atoms with van der Waals surface area (Å²) in [6.07, 6.45) is 0. The van der Waals surface area contributed by atoms with Crippen molar-refractivity contribution in [1.82, 2.24) is 0 Å². The van der Waals surface area contributed by atoms with Crippen LogP contribution >= 0.6 is 0 Å². The van der Waals surface area contributed by atoms with E-state index in [4.69, 9.17) is 0 Å². The second-order valence-electron chi connectivity index (χ2n) is 43.3. The molecule has 28 aromatic carbocycles. The topological polar surface area (TPSA) is 0 Å². The summed E-state index contributed by atoms with van der Waals surface area (Å²) in [5.41, 5.74) is 36.5. The van der Waals surface area contributed by atoms with Crippen molar-refractivity contribution in [3.05, 3.63) is 543 Å². The first-order valence-corrected chi connectivity index (χ1v) is 52.5. The summed E-state index contributed by atoms with van der Waals surface area (Å²) in [6.45, 7) is 14.4. The van der Waals surface area contributed by atoms with Gasteiger partial charge in [0.15, 0.2) is 0 Å². The van der Waals surface area contributed by atoms with E-state index in [1.165, 1.54) is 307 Å². The molecule has 149 heavy (non-hydrogen) atoms. The third-order valence-corrected chi connectivity index (χ3v) is 33.6. The molecule has 0 bridgehead atoms. The normalized spacial score (nSPS) is 13.3. The first kappa shape index (κ1) is 87.4. The quantitative estimate of drug-likeness (QED) is 0.142. The Balaban J connectivity index is 0.000000106. The molecule has 0 saturated carbocycles. The largest absolute Gasteiger partial charge is 0.0616 e. The van der Waals surface area contributed by atoms with Crippen LogP contribution in [0.15, 0.2) is 510 Å². The zero-order chi connectivity index (χ0) is 99.2. The molecule has 0 nitrogen and oxygen atoms in total. The minimum atomic E-state index is -0.141. The maximum absolute atomic E-state index is 2.45. The summed E-state index contributed by atoms with van der Waals surface area (Å²) in [6, 6.07) is 190. The van der Waals surface area contributed by atoms with E-state index in [0.29, 0.717) is 0 Å². The Morgan fingerprint density at radius 3 is 0.732 bits per heavy atom. The first-order chi connectivity index (χ1) is 73.0. The van der Waals surface area contributed by atoms with Gasteiger partial charge in [0.05, 0.1) is 0 Å². The Morgan fingerprint density at radius 1 is 0.101 bits per heavy atom. The van der Waals surface area contributed by atoms with Crippen LogP contribution in [0.5, 0.6) is 0 Å². The molecule has 3 aliphatic carbocycles. The standard InChI is InChI=1S/2C53H36.C43H30/c1-53(2)51-46-14-8-5-10-34(46)23-25-47(51)48-26-24-35-16-18-41(31-50(35)52(48)53)44-30-42-12-6-7-13-45(42)49(32-44)43-22-21-39-28-38(19-20-40(39)29-43)37-17-15-33-9-3-4-11-36(33)27-37;1-53(2)51-47-24-20-41(40-19-18-38-29-37(16-17-39(38)30-40)36-15-14-33-8-3-4-10-35(33)28-36)31-43(47)22-26-49(51)50-27-23-44-32-42(21-25-48(44)52(50)53)46-13-7-11-34-9-5-6-12-45(34)46;1-43(2)41-26-30-10-6-5-9-29(30)25-40(41)39-20-18-37-24-36(17-19-38(37)42(39)43)35-16-15-33-22-32(13-14-34(33)23-35)31-12-11-27-7-3-4-8-28(27)21-31/h2*3-32H,1-2H3;3-26H,1-2H3. The highest BCUT2D eigenvalue weighted by molar-refractivity contribution is 6.12. The third-order valence-electron chi connectivity index (χ3n) is 33.6. The lowest BCUT2D eigenvalue weighted by molar-refractivity contribution is 0.667. The zero-order valence-corrected chi connectivity index (χ0v) is 84.0. The first-order valence-electron chi connectivity index (χ1n) is 52.5. The average molecular weight is 1890 g/mol. The van der Waals surface area contributed by atoms with Crippen LogP contribution in [-0.2, 0) is 16.2 Å². The molecule has 0 heterocycles. The molecule has 0 atom stereocenters. The molecule has 0 unspecified atom stereocenters. The number of hydrogen-bond acceptors (Lipinski definition) is 0. The van der Waals surface area contributed by atoms with Crippen LogP contribution < -0.4 is 0 Å². The Labute approximate surface area is 867 Å². The van der Waals surface area contributed by atoms with E-state index in [1.807, 2.05) is 0 Å². The Bertz CT molecular complexity index is 10600. The number of benzene rings is 28. The van der Waals surface area contributed by atoms with Crippen LogP contribution in [0.3, 0.4) is 0 Å². The predicted molar refractivity (Wildman–Crippen MR) is 641 cm³/mol. The molecule has 3 aliphatic rings. The Hall–Kier alpha value is -18.2. The third kappa shape index (κ3) is 14.5. The monoisotopic (exact) mass is 1890 g/mol. The molecule has 0 aliphatic heterocycles. The van der Waals surface area contributed by atoms with Gasteiger partial charge in [0.2, 0.25) is 0 Å². The van der Waals surface area contributed by atoms with Crippen LogP contribution in [0.2, 0.25) is 0 Å². The lowest BCUT2D eigenvalue weighted by Gasteiger charge is -2.25. The van der Waals surface area contributed by atoms with E-state index in [0.717, 1.165) is 0 Å². The second kappa shape index (κ2) is 34.0. The predicted octanol–water partition coefficient (Wildman–Crippen LogP) is 41.5. The van der Waals surface area contributed by atoms with E-state index >= 15 is 0 Å². The highest BCUT2D eigenvalue weighted by Gasteiger charge is 2.42. The van der Waals surface area contributed by atoms with E-state index in [9.17, 15) is 0 Å². The van der Waals surface area contributed by atoms with Crippen molar-refractivity contribution in [2.75, 3.05) is 0 Å². The van der Waals surface area contributed by atoms with Gasteiger partial charge in [-0.2, -0.15) is 0 Å². The van der Waals surface area contributed by atoms with Crippen molar-refractivity contribution in [3.63, 3.8) is 0 Å². The van der Waals surface area contributed by atoms with Gasteiger partial charge in [0.25, 0.3) is 0 Å². The van der Waals surface area contributed by atoms with Crippen molar-refractivity contribution >= 4 is 151 Å². The van der Waals surface area contributed by atoms with Crippen LogP contribution in [0.4, 0.5) is 0 Å². The summed E-state index contributed by atoms with van der Waals surface area (Å²) in [4.78, 5) is 0. The molecule has 0 saturated heterocycles. The van der Waals surface area contributed by atoms with Crippen LogP contribution in [0.25, 0.3) is 273 Å². The number of fused-ring (bicyclic) bond motifs is 28. The molecule has 0 spiro atoms. The molecule has 0 heteroatoms.